The molecule has 0 aliphatic carbocycles. The summed E-state index contributed by atoms with van der Waals surface area (Å²) in [6.45, 7) is 5.98. The van der Waals surface area contributed by atoms with Crippen LogP contribution < -0.4 is 10.6 Å². The predicted octanol–water partition coefficient (Wildman–Crippen LogP) is 3.54. The standard InChI is InChI=1S/C19H28N4OS/c1-15-8-9-16(25-15)13-21-19(20-2)22-14-17(18-7-6-12-24-18)23-10-4-3-5-11-23/h6-9,12,17H,3-5,10-11,13-14H2,1-2H3,(H2,20,21,22). The maximum absolute atomic E-state index is 5.71. The molecule has 0 amide bonds. The van der Waals surface area contributed by atoms with Gasteiger partial charge in [-0.3, -0.25) is 9.89 Å². The number of rotatable bonds is 6. The van der Waals surface area contributed by atoms with E-state index in [1.54, 1.807) is 6.26 Å². The smallest absolute Gasteiger partial charge is 0.191 e. The van der Waals surface area contributed by atoms with Crippen molar-refractivity contribution < 1.29 is 4.42 Å². The Bertz CT molecular complexity index is 659. The Balaban J connectivity index is 1.57. The zero-order chi connectivity index (χ0) is 17.5. The van der Waals surface area contributed by atoms with Crippen LogP contribution in [0.5, 0.6) is 0 Å². The van der Waals surface area contributed by atoms with E-state index in [0.29, 0.717) is 0 Å². The van der Waals surface area contributed by atoms with E-state index in [2.05, 4.69) is 45.6 Å². The normalized spacial score (nSPS) is 17.4. The summed E-state index contributed by atoms with van der Waals surface area (Å²) in [5, 5.41) is 6.88. The summed E-state index contributed by atoms with van der Waals surface area (Å²) in [5.41, 5.74) is 0. The lowest BCUT2D eigenvalue weighted by atomic mass is 10.1. The van der Waals surface area contributed by atoms with Crippen LogP contribution in [0.15, 0.2) is 39.9 Å². The van der Waals surface area contributed by atoms with Gasteiger partial charge in [-0.25, -0.2) is 0 Å². The van der Waals surface area contributed by atoms with E-state index < -0.39 is 0 Å². The lowest BCUT2D eigenvalue weighted by Gasteiger charge is -2.33. The quantitative estimate of drug-likeness (QED) is 0.611. The van der Waals surface area contributed by atoms with Crippen molar-refractivity contribution in [2.24, 2.45) is 4.99 Å². The highest BCUT2D eigenvalue weighted by molar-refractivity contribution is 7.11. The molecule has 0 saturated carbocycles. The predicted molar refractivity (Wildman–Crippen MR) is 104 cm³/mol. The minimum Gasteiger partial charge on any atom is -0.468 e. The summed E-state index contributed by atoms with van der Waals surface area (Å²) in [5.74, 6) is 1.86. The number of hydrogen-bond donors (Lipinski definition) is 2. The van der Waals surface area contributed by atoms with E-state index >= 15 is 0 Å². The lowest BCUT2D eigenvalue weighted by molar-refractivity contribution is 0.146. The molecule has 25 heavy (non-hydrogen) atoms. The molecule has 0 spiro atoms. The number of nitrogens with one attached hydrogen (secondary N) is 2. The molecule has 2 aromatic rings. The number of guanidine groups is 1. The van der Waals surface area contributed by atoms with Gasteiger partial charge in [-0.15, -0.1) is 11.3 Å². The van der Waals surface area contributed by atoms with Crippen LogP contribution in [0.25, 0.3) is 0 Å². The highest BCUT2D eigenvalue weighted by Gasteiger charge is 2.24. The minimum absolute atomic E-state index is 0.248. The number of nitrogens with zero attached hydrogens (tertiary/aromatic N) is 2. The fraction of sp³-hybridized carbons (Fsp3) is 0.526. The number of aliphatic imine (C=N–C) groups is 1. The molecule has 5 nitrogen and oxygen atoms in total. The van der Waals surface area contributed by atoms with Gasteiger partial charge < -0.3 is 15.1 Å². The van der Waals surface area contributed by atoms with Crippen molar-refractivity contribution in [2.75, 3.05) is 26.7 Å². The summed E-state index contributed by atoms with van der Waals surface area (Å²) in [6, 6.07) is 8.61. The zero-order valence-electron chi connectivity index (χ0n) is 15.1. The number of thiophene rings is 1. The molecule has 0 bridgehead atoms. The molecule has 2 aromatic heterocycles. The first-order valence-electron chi connectivity index (χ1n) is 9.03. The first kappa shape index (κ1) is 18.0. The van der Waals surface area contributed by atoms with E-state index in [1.807, 2.05) is 24.5 Å². The third kappa shape index (κ3) is 5.09. The van der Waals surface area contributed by atoms with Crippen LogP contribution >= 0.6 is 11.3 Å². The van der Waals surface area contributed by atoms with Crippen molar-refractivity contribution >= 4 is 17.3 Å². The van der Waals surface area contributed by atoms with Gasteiger partial charge in [0.2, 0.25) is 0 Å². The van der Waals surface area contributed by atoms with E-state index in [4.69, 9.17) is 4.42 Å². The highest BCUT2D eigenvalue weighted by Crippen LogP contribution is 2.24. The van der Waals surface area contributed by atoms with Crippen molar-refractivity contribution in [2.45, 2.75) is 38.8 Å². The monoisotopic (exact) mass is 360 g/mol. The van der Waals surface area contributed by atoms with Crippen LogP contribution in [0.4, 0.5) is 0 Å². The van der Waals surface area contributed by atoms with Crippen molar-refractivity contribution in [3.8, 4) is 0 Å². The van der Waals surface area contributed by atoms with Crippen LogP contribution in [0.3, 0.4) is 0 Å². The molecule has 3 rings (SSSR count). The van der Waals surface area contributed by atoms with Gasteiger partial charge in [0.1, 0.15) is 5.76 Å². The third-order valence-electron chi connectivity index (χ3n) is 4.62. The number of piperidine rings is 1. The minimum atomic E-state index is 0.248. The van der Waals surface area contributed by atoms with Crippen LogP contribution in [0.1, 0.15) is 40.8 Å². The fourth-order valence-corrected chi connectivity index (χ4v) is 4.12. The van der Waals surface area contributed by atoms with Crippen molar-refractivity contribution in [3.63, 3.8) is 0 Å². The molecule has 0 radical (unpaired) electrons. The Kier molecular flexibility index (Phi) is 6.53. The summed E-state index contributed by atoms with van der Waals surface area (Å²) < 4.78 is 5.71. The van der Waals surface area contributed by atoms with E-state index in [-0.39, 0.29) is 6.04 Å². The molecule has 1 atom stereocenters. The van der Waals surface area contributed by atoms with Crippen LogP contribution in [-0.4, -0.2) is 37.5 Å². The van der Waals surface area contributed by atoms with Gasteiger partial charge in [0.15, 0.2) is 5.96 Å². The molecule has 136 valence electrons. The molecule has 6 heteroatoms. The van der Waals surface area contributed by atoms with E-state index in [9.17, 15) is 0 Å². The second-order valence-corrected chi connectivity index (χ2v) is 7.82. The van der Waals surface area contributed by atoms with Crippen LogP contribution in [0, 0.1) is 6.92 Å². The van der Waals surface area contributed by atoms with E-state index in [0.717, 1.165) is 37.9 Å². The first-order valence-corrected chi connectivity index (χ1v) is 9.85. The van der Waals surface area contributed by atoms with Crippen LogP contribution in [0.2, 0.25) is 0 Å². The Morgan fingerprint density at radius 1 is 1.24 bits per heavy atom. The maximum Gasteiger partial charge on any atom is 0.191 e. The van der Waals surface area contributed by atoms with Crippen molar-refractivity contribution in [1.82, 2.24) is 15.5 Å². The van der Waals surface area contributed by atoms with Gasteiger partial charge >= 0.3 is 0 Å². The molecule has 3 heterocycles. The summed E-state index contributed by atoms with van der Waals surface area (Å²) in [7, 11) is 1.82. The Morgan fingerprint density at radius 3 is 2.72 bits per heavy atom. The lowest BCUT2D eigenvalue weighted by Crippen LogP contribution is -2.44. The molecule has 1 unspecified atom stereocenters. The number of hydrogen-bond acceptors (Lipinski definition) is 4. The number of furan rings is 1. The molecule has 1 aliphatic rings. The second kappa shape index (κ2) is 9.06. The molecular formula is C19H28N4OS. The summed E-state index contributed by atoms with van der Waals surface area (Å²) in [6.07, 6.45) is 5.63. The average Bonchev–Trinajstić information content (AvgIpc) is 3.31. The molecule has 1 fully saturated rings. The summed E-state index contributed by atoms with van der Waals surface area (Å²) >= 11 is 1.82. The fourth-order valence-electron chi connectivity index (χ4n) is 3.29. The van der Waals surface area contributed by atoms with Crippen LogP contribution in [-0.2, 0) is 6.54 Å². The van der Waals surface area contributed by atoms with Gasteiger partial charge in [0, 0.05) is 23.3 Å². The van der Waals surface area contributed by atoms with Gasteiger partial charge in [-0.1, -0.05) is 6.42 Å². The van der Waals surface area contributed by atoms with Crippen molar-refractivity contribution in [3.05, 3.63) is 46.0 Å². The molecule has 0 aromatic carbocycles. The molecular weight excluding hydrogens is 332 g/mol. The van der Waals surface area contributed by atoms with Gasteiger partial charge in [-0.05, 0) is 57.1 Å². The van der Waals surface area contributed by atoms with Gasteiger partial charge in [0.25, 0.3) is 0 Å². The number of aryl methyl sites for hydroxylation is 1. The Morgan fingerprint density at radius 2 is 2.08 bits per heavy atom. The zero-order valence-corrected chi connectivity index (χ0v) is 15.9. The highest BCUT2D eigenvalue weighted by atomic mass is 32.1. The molecule has 2 N–H and O–H groups in total. The average molecular weight is 361 g/mol. The molecule has 1 saturated heterocycles. The Hall–Kier alpha value is -1.79. The van der Waals surface area contributed by atoms with Gasteiger partial charge in [-0.2, -0.15) is 0 Å². The molecule has 1 aliphatic heterocycles. The van der Waals surface area contributed by atoms with Crippen molar-refractivity contribution in [1.29, 1.82) is 0 Å². The topological polar surface area (TPSA) is 52.8 Å². The number of likely N-dealkylation sites (tertiary alicyclic amines) is 1. The first-order chi connectivity index (χ1) is 12.3. The van der Waals surface area contributed by atoms with E-state index in [1.165, 1.54) is 29.0 Å². The Labute approximate surface area is 154 Å². The summed E-state index contributed by atoms with van der Waals surface area (Å²) in [4.78, 5) is 9.53. The van der Waals surface area contributed by atoms with Gasteiger partial charge in [0.05, 0.1) is 18.8 Å². The maximum atomic E-state index is 5.71. The SMILES string of the molecule is CN=C(NCc1ccc(C)s1)NCC(c1ccco1)N1CCCCC1. The third-order valence-corrected chi connectivity index (χ3v) is 5.62. The largest absolute Gasteiger partial charge is 0.468 e. The second-order valence-electron chi connectivity index (χ2n) is 6.45.